The van der Waals surface area contributed by atoms with Crippen molar-refractivity contribution in [3.05, 3.63) is 0 Å². The lowest BCUT2D eigenvalue weighted by Gasteiger charge is -2.34. The van der Waals surface area contributed by atoms with E-state index in [9.17, 15) is 5.11 Å². The van der Waals surface area contributed by atoms with E-state index in [1.54, 1.807) is 0 Å². The van der Waals surface area contributed by atoms with Gasteiger partial charge >= 0.3 is 0 Å². The van der Waals surface area contributed by atoms with Gasteiger partial charge in [-0.1, -0.05) is 27.2 Å². The molecule has 2 heteroatoms. The van der Waals surface area contributed by atoms with Gasteiger partial charge in [0.05, 0.1) is 0 Å². The van der Waals surface area contributed by atoms with E-state index in [0.717, 1.165) is 13.0 Å². The van der Waals surface area contributed by atoms with Crippen molar-refractivity contribution in [2.24, 2.45) is 5.41 Å². The third kappa shape index (κ3) is 4.43. The van der Waals surface area contributed by atoms with Crippen LogP contribution >= 0.6 is 0 Å². The molecule has 0 aliphatic rings. The second kappa shape index (κ2) is 6.41. The number of hydrogen-bond donors (Lipinski definition) is 1. The molecule has 2 unspecified atom stereocenters. The summed E-state index contributed by atoms with van der Waals surface area (Å²) in [5.74, 6) is 0. The summed E-state index contributed by atoms with van der Waals surface area (Å²) in [6, 6.07) is 0.623. The van der Waals surface area contributed by atoms with Gasteiger partial charge in [-0.25, -0.2) is 0 Å². The molecule has 2 atom stereocenters. The Morgan fingerprint density at radius 3 is 2.29 bits per heavy atom. The summed E-state index contributed by atoms with van der Waals surface area (Å²) in [7, 11) is 2.16. The van der Waals surface area contributed by atoms with Crippen LogP contribution in [0.3, 0.4) is 0 Å². The highest BCUT2D eigenvalue weighted by Gasteiger charge is 2.24. The van der Waals surface area contributed by atoms with Gasteiger partial charge in [0.25, 0.3) is 0 Å². The lowest BCUT2D eigenvalue weighted by molar-refractivity contribution is 0.0789. The van der Waals surface area contributed by atoms with Gasteiger partial charge in [0.1, 0.15) is 0 Å². The number of nitrogens with zero attached hydrogens (tertiary/aromatic N) is 1. The van der Waals surface area contributed by atoms with E-state index in [-0.39, 0.29) is 12.0 Å². The monoisotopic (exact) mass is 201 g/mol. The maximum absolute atomic E-state index is 9.32. The highest BCUT2D eigenvalue weighted by atomic mass is 16.3. The Labute approximate surface area is 89.3 Å². The van der Waals surface area contributed by atoms with Crippen molar-refractivity contribution >= 4 is 0 Å². The Morgan fingerprint density at radius 1 is 1.36 bits per heavy atom. The van der Waals surface area contributed by atoms with Gasteiger partial charge in [-0.3, -0.25) is 0 Å². The van der Waals surface area contributed by atoms with E-state index in [4.69, 9.17) is 0 Å². The van der Waals surface area contributed by atoms with Gasteiger partial charge in [-0.15, -0.1) is 0 Å². The third-order valence-corrected chi connectivity index (χ3v) is 3.33. The lowest BCUT2D eigenvalue weighted by atomic mass is 9.87. The fraction of sp³-hybridized carbons (Fsp3) is 1.00. The molecular weight excluding hydrogens is 174 g/mol. The fourth-order valence-electron chi connectivity index (χ4n) is 1.67. The summed E-state index contributed by atoms with van der Waals surface area (Å²) < 4.78 is 0. The zero-order valence-electron chi connectivity index (χ0n) is 10.5. The predicted molar refractivity (Wildman–Crippen MR) is 62.5 cm³/mol. The second-order valence-corrected chi connectivity index (χ2v) is 4.88. The normalized spacial score (nSPS) is 18.2. The average Bonchev–Trinajstić information content (AvgIpc) is 2.18. The van der Waals surface area contributed by atoms with Gasteiger partial charge in [0.2, 0.25) is 0 Å². The van der Waals surface area contributed by atoms with E-state index >= 15 is 0 Å². The molecule has 0 spiro atoms. The fourth-order valence-corrected chi connectivity index (χ4v) is 1.67. The van der Waals surface area contributed by atoms with Crippen LogP contribution in [0, 0.1) is 5.41 Å². The SMILES string of the molecule is CCCC(C)N(C)CC(C)(CC)CO. The molecular formula is C12H27NO. The van der Waals surface area contributed by atoms with Crippen LogP contribution in [0.5, 0.6) is 0 Å². The van der Waals surface area contributed by atoms with Crippen LogP contribution in [0.1, 0.15) is 47.0 Å². The molecule has 14 heavy (non-hydrogen) atoms. The van der Waals surface area contributed by atoms with Crippen molar-refractivity contribution in [2.45, 2.75) is 53.0 Å². The quantitative estimate of drug-likeness (QED) is 0.684. The van der Waals surface area contributed by atoms with E-state index < -0.39 is 0 Å². The Kier molecular flexibility index (Phi) is 6.38. The first-order valence-electron chi connectivity index (χ1n) is 5.80. The Balaban J connectivity index is 4.07. The highest BCUT2D eigenvalue weighted by Crippen LogP contribution is 2.22. The molecule has 0 saturated carbocycles. The summed E-state index contributed by atoms with van der Waals surface area (Å²) in [6.45, 7) is 10.1. The first-order valence-corrected chi connectivity index (χ1v) is 5.80. The largest absolute Gasteiger partial charge is 0.396 e. The summed E-state index contributed by atoms with van der Waals surface area (Å²) in [4.78, 5) is 2.36. The number of hydrogen-bond acceptors (Lipinski definition) is 2. The van der Waals surface area contributed by atoms with Gasteiger partial charge in [-0.05, 0) is 26.8 Å². The maximum Gasteiger partial charge on any atom is 0.0496 e. The van der Waals surface area contributed by atoms with Crippen molar-refractivity contribution < 1.29 is 5.11 Å². The van der Waals surface area contributed by atoms with Crippen LogP contribution in [0.15, 0.2) is 0 Å². The van der Waals surface area contributed by atoms with E-state index in [2.05, 4.69) is 39.6 Å². The Morgan fingerprint density at radius 2 is 1.93 bits per heavy atom. The van der Waals surface area contributed by atoms with Crippen molar-refractivity contribution in [3.8, 4) is 0 Å². The van der Waals surface area contributed by atoms with Crippen molar-refractivity contribution in [3.63, 3.8) is 0 Å². The van der Waals surface area contributed by atoms with Crippen LogP contribution < -0.4 is 0 Å². The molecule has 0 aromatic carbocycles. The van der Waals surface area contributed by atoms with Crippen LogP contribution in [0.25, 0.3) is 0 Å². The predicted octanol–water partition coefficient (Wildman–Crippen LogP) is 2.52. The van der Waals surface area contributed by atoms with Crippen molar-refractivity contribution in [1.29, 1.82) is 0 Å². The molecule has 0 aromatic rings. The first kappa shape index (κ1) is 13.9. The molecule has 0 heterocycles. The van der Waals surface area contributed by atoms with Crippen molar-refractivity contribution in [2.75, 3.05) is 20.2 Å². The van der Waals surface area contributed by atoms with E-state index in [0.29, 0.717) is 6.04 Å². The van der Waals surface area contributed by atoms with Crippen molar-refractivity contribution in [1.82, 2.24) is 4.90 Å². The van der Waals surface area contributed by atoms with Gasteiger partial charge in [-0.2, -0.15) is 0 Å². The summed E-state index contributed by atoms with van der Waals surface area (Å²) in [6.07, 6.45) is 3.50. The molecule has 0 aliphatic heterocycles. The minimum Gasteiger partial charge on any atom is -0.396 e. The minimum absolute atomic E-state index is 0.0662. The summed E-state index contributed by atoms with van der Waals surface area (Å²) in [5, 5.41) is 9.32. The lowest BCUT2D eigenvalue weighted by Crippen LogP contribution is -2.40. The van der Waals surface area contributed by atoms with Crippen LogP contribution in [-0.2, 0) is 0 Å². The molecule has 0 aliphatic carbocycles. The van der Waals surface area contributed by atoms with Crippen LogP contribution in [0.4, 0.5) is 0 Å². The second-order valence-electron chi connectivity index (χ2n) is 4.88. The Hall–Kier alpha value is -0.0800. The standard InChI is InChI=1S/C12H27NO/c1-6-8-11(3)13(5)9-12(4,7-2)10-14/h11,14H,6-10H2,1-5H3. The average molecular weight is 201 g/mol. The van der Waals surface area contributed by atoms with Crippen LogP contribution in [0.2, 0.25) is 0 Å². The number of aliphatic hydroxyl groups is 1. The summed E-state index contributed by atoms with van der Waals surface area (Å²) >= 11 is 0. The molecule has 0 aromatic heterocycles. The topological polar surface area (TPSA) is 23.5 Å². The molecule has 0 saturated heterocycles. The molecule has 0 fully saturated rings. The van der Waals surface area contributed by atoms with E-state index in [1.165, 1.54) is 12.8 Å². The zero-order valence-corrected chi connectivity index (χ0v) is 10.5. The third-order valence-electron chi connectivity index (χ3n) is 3.33. The number of aliphatic hydroxyl groups excluding tert-OH is 1. The molecule has 0 radical (unpaired) electrons. The first-order chi connectivity index (χ1) is 6.49. The minimum atomic E-state index is 0.0662. The highest BCUT2D eigenvalue weighted by molar-refractivity contribution is 4.77. The van der Waals surface area contributed by atoms with Gasteiger partial charge in [0.15, 0.2) is 0 Å². The maximum atomic E-state index is 9.32. The molecule has 0 rings (SSSR count). The molecule has 2 nitrogen and oxygen atoms in total. The smallest absolute Gasteiger partial charge is 0.0496 e. The Bertz CT molecular complexity index is 143. The van der Waals surface area contributed by atoms with Gasteiger partial charge in [0, 0.05) is 24.6 Å². The van der Waals surface area contributed by atoms with Gasteiger partial charge < -0.3 is 10.0 Å². The van der Waals surface area contributed by atoms with Crippen LogP contribution in [-0.4, -0.2) is 36.2 Å². The molecule has 1 N–H and O–H groups in total. The summed E-state index contributed by atoms with van der Waals surface area (Å²) in [5.41, 5.74) is 0.0662. The zero-order chi connectivity index (χ0) is 11.2. The molecule has 0 bridgehead atoms. The molecule has 0 amide bonds. The molecule has 86 valence electrons. The van der Waals surface area contributed by atoms with E-state index in [1.807, 2.05) is 0 Å². The number of rotatable bonds is 7.